The van der Waals surface area contributed by atoms with Crippen LogP contribution in [0.2, 0.25) is 0 Å². The Morgan fingerprint density at radius 1 is 1.37 bits per heavy atom. The fourth-order valence-electron chi connectivity index (χ4n) is 2.08. The van der Waals surface area contributed by atoms with Crippen LogP contribution in [0.25, 0.3) is 0 Å². The summed E-state index contributed by atoms with van der Waals surface area (Å²) in [6.45, 7) is 2.43. The standard InChI is InChI=1S/C12H12N4O3/c1-7-8(6-13)9(15-18-7)5-11-14-12(16-19-11)10-3-2-4-17-10/h10H,2-5H2,1H3. The quantitative estimate of drug-likeness (QED) is 0.827. The number of rotatable bonds is 3. The van der Waals surface area contributed by atoms with Crippen molar-refractivity contribution < 1.29 is 13.8 Å². The van der Waals surface area contributed by atoms with Gasteiger partial charge in [0.15, 0.2) is 5.76 Å². The van der Waals surface area contributed by atoms with Crippen molar-refractivity contribution in [1.82, 2.24) is 15.3 Å². The Bertz CT molecular complexity index is 619. The van der Waals surface area contributed by atoms with Gasteiger partial charge in [-0.15, -0.1) is 0 Å². The largest absolute Gasteiger partial charge is 0.370 e. The van der Waals surface area contributed by atoms with E-state index in [0.717, 1.165) is 19.4 Å². The number of ether oxygens (including phenoxy) is 1. The summed E-state index contributed by atoms with van der Waals surface area (Å²) in [6.07, 6.45) is 2.13. The average molecular weight is 260 g/mol. The predicted molar refractivity (Wildman–Crippen MR) is 61.0 cm³/mol. The van der Waals surface area contributed by atoms with Gasteiger partial charge in [-0.2, -0.15) is 10.2 Å². The molecule has 0 aliphatic carbocycles. The van der Waals surface area contributed by atoms with Crippen LogP contribution in [0.4, 0.5) is 0 Å². The molecule has 0 amide bonds. The van der Waals surface area contributed by atoms with E-state index in [1.165, 1.54) is 0 Å². The van der Waals surface area contributed by atoms with E-state index in [1.54, 1.807) is 6.92 Å². The van der Waals surface area contributed by atoms with E-state index >= 15 is 0 Å². The van der Waals surface area contributed by atoms with Crippen molar-refractivity contribution >= 4 is 0 Å². The Kier molecular flexibility index (Phi) is 3.01. The first-order chi connectivity index (χ1) is 9.28. The molecule has 0 aromatic carbocycles. The van der Waals surface area contributed by atoms with Crippen LogP contribution in [0.15, 0.2) is 9.05 Å². The summed E-state index contributed by atoms with van der Waals surface area (Å²) < 4.78 is 15.6. The summed E-state index contributed by atoms with van der Waals surface area (Å²) in [5.41, 5.74) is 0.944. The Morgan fingerprint density at radius 2 is 2.26 bits per heavy atom. The second-order valence-electron chi connectivity index (χ2n) is 4.40. The fourth-order valence-corrected chi connectivity index (χ4v) is 2.08. The molecular weight excluding hydrogens is 248 g/mol. The average Bonchev–Trinajstić information content (AvgIpc) is 3.11. The third-order valence-corrected chi connectivity index (χ3v) is 3.07. The topological polar surface area (TPSA) is 98.0 Å². The van der Waals surface area contributed by atoms with Gasteiger partial charge in [0, 0.05) is 6.61 Å². The Morgan fingerprint density at radius 3 is 3.00 bits per heavy atom. The van der Waals surface area contributed by atoms with Gasteiger partial charge in [-0.3, -0.25) is 0 Å². The lowest BCUT2D eigenvalue weighted by Crippen LogP contribution is -1.99. The molecule has 2 aromatic rings. The molecule has 98 valence electrons. The summed E-state index contributed by atoms with van der Waals surface area (Å²) in [5, 5.41) is 16.7. The van der Waals surface area contributed by atoms with Crippen molar-refractivity contribution in [1.29, 1.82) is 5.26 Å². The van der Waals surface area contributed by atoms with Gasteiger partial charge in [0.2, 0.25) is 11.7 Å². The van der Waals surface area contributed by atoms with Crippen LogP contribution in [0.3, 0.4) is 0 Å². The maximum absolute atomic E-state index is 9.01. The normalized spacial score (nSPS) is 18.6. The van der Waals surface area contributed by atoms with E-state index in [0.29, 0.717) is 35.2 Å². The van der Waals surface area contributed by atoms with Crippen LogP contribution in [0, 0.1) is 18.3 Å². The van der Waals surface area contributed by atoms with Gasteiger partial charge in [0.05, 0.1) is 6.42 Å². The lowest BCUT2D eigenvalue weighted by Gasteiger charge is -2.00. The molecule has 3 heterocycles. The summed E-state index contributed by atoms with van der Waals surface area (Å²) in [7, 11) is 0. The molecular formula is C12H12N4O3. The first-order valence-corrected chi connectivity index (χ1v) is 6.07. The minimum atomic E-state index is -0.0769. The molecule has 1 fully saturated rings. The van der Waals surface area contributed by atoms with Gasteiger partial charge in [-0.1, -0.05) is 10.3 Å². The Balaban J connectivity index is 1.78. The SMILES string of the molecule is Cc1onc(Cc2nc(C3CCCO3)no2)c1C#N. The van der Waals surface area contributed by atoms with Gasteiger partial charge >= 0.3 is 0 Å². The molecule has 7 nitrogen and oxygen atoms in total. The zero-order valence-electron chi connectivity index (χ0n) is 10.4. The van der Waals surface area contributed by atoms with E-state index in [2.05, 4.69) is 21.4 Å². The second-order valence-corrected chi connectivity index (χ2v) is 4.40. The van der Waals surface area contributed by atoms with E-state index in [1.807, 2.05) is 0 Å². The highest BCUT2D eigenvalue weighted by atomic mass is 16.5. The van der Waals surface area contributed by atoms with E-state index in [4.69, 9.17) is 19.0 Å². The molecule has 0 radical (unpaired) electrons. The van der Waals surface area contributed by atoms with Crippen LogP contribution in [0.1, 0.15) is 47.7 Å². The molecule has 2 aromatic heterocycles. The Hall–Kier alpha value is -2.20. The van der Waals surface area contributed by atoms with E-state index in [-0.39, 0.29) is 6.10 Å². The van der Waals surface area contributed by atoms with Crippen LogP contribution in [-0.4, -0.2) is 21.9 Å². The predicted octanol–water partition coefficient (Wildman–Crippen LogP) is 1.68. The number of aryl methyl sites for hydroxylation is 1. The first kappa shape index (κ1) is 11.9. The first-order valence-electron chi connectivity index (χ1n) is 6.07. The highest BCUT2D eigenvalue weighted by Gasteiger charge is 2.24. The Labute approximate surface area is 109 Å². The molecule has 1 aliphatic heterocycles. The third-order valence-electron chi connectivity index (χ3n) is 3.07. The monoisotopic (exact) mass is 260 g/mol. The van der Waals surface area contributed by atoms with Crippen molar-refractivity contribution in [2.24, 2.45) is 0 Å². The lowest BCUT2D eigenvalue weighted by molar-refractivity contribution is 0.103. The second kappa shape index (κ2) is 4.82. The number of aromatic nitrogens is 3. The molecule has 0 N–H and O–H groups in total. The van der Waals surface area contributed by atoms with Crippen LogP contribution in [-0.2, 0) is 11.2 Å². The summed E-state index contributed by atoms with van der Waals surface area (Å²) >= 11 is 0. The summed E-state index contributed by atoms with van der Waals surface area (Å²) in [6, 6.07) is 2.06. The minimum absolute atomic E-state index is 0.0769. The van der Waals surface area contributed by atoms with Gasteiger partial charge in [-0.05, 0) is 19.8 Å². The fraction of sp³-hybridized carbons (Fsp3) is 0.500. The number of hydrogen-bond donors (Lipinski definition) is 0. The number of nitrogens with zero attached hydrogens (tertiary/aromatic N) is 4. The lowest BCUT2D eigenvalue weighted by atomic mass is 10.1. The smallest absolute Gasteiger partial charge is 0.232 e. The molecule has 1 unspecified atom stereocenters. The van der Waals surface area contributed by atoms with Gasteiger partial charge in [-0.25, -0.2) is 0 Å². The molecule has 0 saturated carbocycles. The van der Waals surface area contributed by atoms with Gasteiger partial charge in [0.1, 0.15) is 23.4 Å². The van der Waals surface area contributed by atoms with Crippen LogP contribution in [0.5, 0.6) is 0 Å². The molecule has 3 rings (SSSR count). The number of nitriles is 1. The summed E-state index contributed by atoms with van der Waals surface area (Å²) in [4.78, 5) is 4.28. The van der Waals surface area contributed by atoms with Gasteiger partial charge in [0.25, 0.3) is 0 Å². The highest BCUT2D eigenvalue weighted by Crippen LogP contribution is 2.26. The van der Waals surface area contributed by atoms with Crippen molar-refractivity contribution in [2.45, 2.75) is 32.3 Å². The van der Waals surface area contributed by atoms with Crippen molar-refractivity contribution in [3.63, 3.8) is 0 Å². The summed E-state index contributed by atoms with van der Waals surface area (Å²) in [5.74, 6) is 1.47. The van der Waals surface area contributed by atoms with Crippen LogP contribution >= 0.6 is 0 Å². The molecule has 0 spiro atoms. The third kappa shape index (κ3) is 2.22. The maximum atomic E-state index is 9.01. The van der Waals surface area contributed by atoms with Crippen LogP contribution < -0.4 is 0 Å². The molecule has 0 bridgehead atoms. The highest BCUT2D eigenvalue weighted by molar-refractivity contribution is 5.36. The van der Waals surface area contributed by atoms with Crippen molar-refractivity contribution in [3.05, 3.63) is 28.7 Å². The minimum Gasteiger partial charge on any atom is -0.370 e. The van der Waals surface area contributed by atoms with E-state index in [9.17, 15) is 0 Å². The zero-order valence-corrected chi connectivity index (χ0v) is 10.4. The van der Waals surface area contributed by atoms with Crippen molar-refractivity contribution in [3.8, 4) is 6.07 Å². The molecule has 7 heteroatoms. The molecule has 19 heavy (non-hydrogen) atoms. The molecule has 1 aliphatic rings. The number of hydrogen-bond acceptors (Lipinski definition) is 7. The van der Waals surface area contributed by atoms with Gasteiger partial charge < -0.3 is 13.8 Å². The zero-order chi connectivity index (χ0) is 13.2. The van der Waals surface area contributed by atoms with E-state index < -0.39 is 0 Å². The molecule has 1 saturated heterocycles. The van der Waals surface area contributed by atoms with Crippen molar-refractivity contribution in [2.75, 3.05) is 6.61 Å². The maximum Gasteiger partial charge on any atom is 0.232 e. The molecule has 1 atom stereocenters.